The molecule has 0 atom stereocenters. The van der Waals surface area contributed by atoms with Crippen molar-refractivity contribution in [1.29, 1.82) is 0 Å². The molecule has 0 amide bonds. The van der Waals surface area contributed by atoms with Crippen molar-refractivity contribution < 1.29 is 0 Å². The maximum atomic E-state index is 4.72. The topological polar surface area (TPSA) is 28.7 Å². The molecule has 18 heavy (non-hydrogen) atoms. The summed E-state index contributed by atoms with van der Waals surface area (Å²) in [6, 6.07) is 18.4. The quantitative estimate of drug-likeness (QED) is 0.712. The van der Waals surface area contributed by atoms with Crippen LogP contribution in [0, 0.1) is 6.92 Å². The molecule has 0 aliphatic rings. The molecule has 0 saturated carbocycles. The van der Waals surface area contributed by atoms with E-state index in [1.165, 1.54) is 11.1 Å². The minimum absolute atomic E-state index is 0.973. The highest BCUT2D eigenvalue weighted by Crippen LogP contribution is 2.23. The first-order chi connectivity index (χ1) is 8.84. The van der Waals surface area contributed by atoms with Crippen LogP contribution in [0.15, 0.2) is 60.8 Å². The van der Waals surface area contributed by atoms with Crippen molar-refractivity contribution in [3.63, 3.8) is 0 Å². The highest BCUT2D eigenvalue weighted by atomic mass is 14.8. The zero-order valence-electron chi connectivity index (χ0n) is 10.2. The molecule has 0 fully saturated rings. The summed E-state index contributed by atoms with van der Waals surface area (Å²) in [5.74, 6) is 0. The first-order valence-corrected chi connectivity index (χ1v) is 6.01. The summed E-state index contributed by atoms with van der Waals surface area (Å²) in [5, 5.41) is 0. The summed E-state index contributed by atoms with van der Waals surface area (Å²) in [6.07, 6.45) is 1.91. The van der Waals surface area contributed by atoms with Gasteiger partial charge in [-0.3, -0.25) is 0 Å². The second kappa shape index (κ2) is 4.49. The van der Waals surface area contributed by atoms with Gasteiger partial charge < -0.3 is 4.98 Å². The van der Waals surface area contributed by atoms with Gasteiger partial charge in [0.05, 0.1) is 17.1 Å². The molecule has 0 radical (unpaired) electrons. The summed E-state index contributed by atoms with van der Waals surface area (Å²) >= 11 is 0. The Morgan fingerprint density at radius 1 is 0.833 bits per heavy atom. The Morgan fingerprint density at radius 3 is 2.44 bits per heavy atom. The van der Waals surface area contributed by atoms with Crippen molar-refractivity contribution in [2.75, 3.05) is 0 Å². The average molecular weight is 234 g/mol. The van der Waals surface area contributed by atoms with Crippen molar-refractivity contribution in [1.82, 2.24) is 9.97 Å². The fourth-order valence-electron chi connectivity index (χ4n) is 2.08. The third-order valence-electron chi connectivity index (χ3n) is 3.04. The van der Waals surface area contributed by atoms with Crippen LogP contribution in [0.4, 0.5) is 0 Å². The van der Waals surface area contributed by atoms with Gasteiger partial charge >= 0.3 is 0 Å². The van der Waals surface area contributed by atoms with Crippen LogP contribution in [0.1, 0.15) is 5.56 Å². The lowest BCUT2D eigenvalue weighted by Crippen LogP contribution is -1.89. The van der Waals surface area contributed by atoms with Gasteiger partial charge in [-0.2, -0.15) is 0 Å². The average Bonchev–Trinajstić information content (AvgIpc) is 2.93. The molecule has 88 valence electrons. The molecule has 2 nitrogen and oxygen atoms in total. The predicted molar refractivity (Wildman–Crippen MR) is 74.2 cm³/mol. The molecule has 0 bridgehead atoms. The van der Waals surface area contributed by atoms with Gasteiger partial charge in [0.25, 0.3) is 0 Å². The molecule has 2 aromatic heterocycles. The van der Waals surface area contributed by atoms with Gasteiger partial charge in [0.2, 0.25) is 0 Å². The summed E-state index contributed by atoms with van der Waals surface area (Å²) in [5.41, 5.74) is 5.46. The monoisotopic (exact) mass is 234 g/mol. The van der Waals surface area contributed by atoms with E-state index in [-0.39, 0.29) is 0 Å². The van der Waals surface area contributed by atoms with Gasteiger partial charge in [-0.1, -0.05) is 30.3 Å². The number of aromatic nitrogens is 2. The maximum absolute atomic E-state index is 4.72. The van der Waals surface area contributed by atoms with Crippen LogP contribution < -0.4 is 0 Å². The molecule has 0 spiro atoms. The van der Waals surface area contributed by atoms with Crippen LogP contribution in [-0.2, 0) is 0 Å². The normalized spacial score (nSPS) is 10.5. The first kappa shape index (κ1) is 10.8. The smallest absolute Gasteiger partial charge is 0.0871 e. The Hall–Kier alpha value is -2.35. The highest BCUT2D eigenvalue weighted by molar-refractivity contribution is 5.66. The maximum Gasteiger partial charge on any atom is 0.0871 e. The zero-order chi connectivity index (χ0) is 12.4. The number of nitrogens with one attached hydrogen (secondary N) is 1. The van der Waals surface area contributed by atoms with Gasteiger partial charge in [0.15, 0.2) is 0 Å². The SMILES string of the molecule is Cc1ccccc1-c1cccc(-c2ccc[nH]2)n1. The fraction of sp³-hybridized carbons (Fsp3) is 0.0625. The van der Waals surface area contributed by atoms with E-state index in [0.29, 0.717) is 0 Å². The summed E-state index contributed by atoms with van der Waals surface area (Å²) in [7, 11) is 0. The lowest BCUT2D eigenvalue weighted by molar-refractivity contribution is 1.27. The van der Waals surface area contributed by atoms with E-state index in [9.17, 15) is 0 Å². The fourth-order valence-corrected chi connectivity index (χ4v) is 2.08. The number of pyridine rings is 1. The van der Waals surface area contributed by atoms with Crippen molar-refractivity contribution in [2.45, 2.75) is 6.92 Å². The molecule has 1 N–H and O–H groups in total. The number of nitrogens with zero attached hydrogens (tertiary/aromatic N) is 1. The minimum Gasteiger partial charge on any atom is -0.360 e. The third-order valence-corrected chi connectivity index (χ3v) is 3.04. The van der Waals surface area contributed by atoms with E-state index in [0.717, 1.165) is 17.1 Å². The highest BCUT2D eigenvalue weighted by Gasteiger charge is 2.05. The Kier molecular flexibility index (Phi) is 2.69. The van der Waals surface area contributed by atoms with Crippen LogP contribution in [0.3, 0.4) is 0 Å². The number of H-pyrrole nitrogens is 1. The van der Waals surface area contributed by atoms with Gasteiger partial charge in [-0.05, 0) is 36.8 Å². The van der Waals surface area contributed by atoms with Crippen LogP contribution >= 0.6 is 0 Å². The number of hydrogen-bond acceptors (Lipinski definition) is 1. The standard InChI is InChI=1S/C16H14N2/c1-12-6-2-3-7-13(12)14-8-4-9-16(18-14)15-10-5-11-17-15/h2-11,17H,1H3. The van der Waals surface area contributed by atoms with Crippen LogP contribution in [-0.4, -0.2) is 9.97 Å². The van der Waals surface area contributed by atoms with Crippen LogP contribution in [0.25, 0.3) is 22.6 Å². The van der Waals surface area contributed by atoms with Crippen molar-refractivity contribution in [2.24, 2.45) is 0 Å². The second-order valence-corrected chi connectivity index (χ2v) is 4.31. The van der Waals surface area contributed by atoms with E-state index in [1.54, 1.807) is 0 Å². The van der Waals surface area contributed by atoms with E-state index in [4.69, 9.17) is 4.98 Å². The van der Waals surface area contributed by atoms with Crippen LogP contribution in [0.2, 0.25) is 0 Å². The Bertz CT molecular complexity index is 654. The summed E-state index contributed by atoms with van der Waals surface area (Å²) < 4.78 is 0. The van der Waals surface area contributed by atoms with Crippen molar-refractivity contribution in [3.8, 4) is 22.6 Å². The minimum atomic E-state index is 0.973. The Labute approximate surface area is 106 Å². The molecule has 3 rings (SSSR count). The number of hydrogen-bond donors (Lipinski definition) is 1. The molecule has 1 aromatic carbocycles. The first-order valence-electron chi connectivity index (χ1n) is 6.01. The van der Waals surface area contributed by atoms with Crippen molar-refractivity contribution >= 4 is 0 Å². The summed E-state index contributed by atoms with van der Waals surface area (Å²) in [4.78, 5) is 7.90. The number of benzene rings is 1. The zero-order valence-corrected chi connectivity index (χ0v) is 10.2. The molecule has 0 unspecified atom stereocenters. The molecule has 2 heterocycles. The second-order valence-electron chi connectivity index (χ2n) is 4.31. The van der Waals surface area contributed by atoms with Gasteiger partial charge in [-0.15, -0.1) is 0 Å². The van der Waals surface area contributed by atoms with E-state index < -0.39 is 0 Å². The van der Waals surface area contributed by atoms with E-state index in [1.807, 2.05) is 42.6 Å². The molecule has 3 aromatic rings. The van der Waals surface area contributed by atoms with E-state index >= 15 is 0 Å². The molecule has 2 heteroatoms. The molecule has 0 aliphatic carbocycles. The largest absolute Gasteiger partial charge is 0.360 e. The molecular weight excluding hydrogens is 220 g/mol. The van der Waals surface area contributed by atoms with Crippen LogP contribution in [0.5, 0.6) is 0 Å². The van der Waals surface area contributed by atoms with Gasteiger partial charge in [0.1, 0.15) is 0 Å². The van der Waals surface area contributed by atoms with Gasteiger partial charge in [0, 0.05) is 11.8 Å². The number of aryl methyl sites for hydroxylation is 1. The molecule has 0 saturated heterocycles. The lowest BCUT2D eigenvalue weighted by Gasteiger charge is -2.06. The Morgan fingerprint density at radius 2 is 1.67 bits per heavy atom. The molecular formula is C16H14N2. The Balaban J connectivity index is 2.10. The lowest BCUT2D eigenvalue weighted by atomic mass is 10.0. The van der Waals surface area contributed by atoms with Gasteiger partial charge in [-0.25, -0.2) is 4.98 Å². The van der Waals surface area contributed by atoms with E-state index in [2.05, 4.69) is 30.1 Å². The number of rotatable bonds is 2. The third kappa shape index (κ3) is 1.93. The van der Waals surface area contributed by atoms with Crippen molar-refractivity contribution in [3.05, 3.63) is 66.4 Å². The predicted octanol–water partition coefficient (Wildman–Crippen LogP) is 4.05. The summed E-state index contributed by atoms with van der Waals surface area (Å²) in [6.45, 7) is 2.11. The number of aromatic amines is 1. The molecule has 0 aliphatic heterocycles.